The lowest BCUT2D eigenvalue weighted by molar-refractivity contribution is -0.136. The number of carboxylic acid groups (broad SMARTS) is 1. The molecule has 4 nitrogen and oxygen atoms in total. The number of benzene rings is 1. The van der Waals surface area contributed by atoms with E-state index in [9.17, 15) is 4.79 Å². The maximum atomic E-state index is 10.5. The highest BCUT2D eigenvalue weighted by Gasteiger charge is 2.07. The minimum atomic E-state index is -0.830. The first-order chi connectivity index (χ1) is 7.66. The largest absolute Gasteiger partial charge is 0.481 e. The van der Waals surface area contributed by atoms with Crippen LogP contribution in [0, 0.1) is 6.92 Å². The molecule has 2 rings (SSSR count). The Morgan fingerprint density at radius 1 is 1.38 bits per heavy atom. The molecule has 1 heterocycles. The van der Waals surface area contributed by atoms with Crippen molar-refractivity contribution in [2.75, 3.05) is 0 Å². The van der Waals surface area contributed by atoms with Gasteiger partial charge in [0, 0.05) is 5.56 Å². The Bertz CT molecular complexity index is 499. The van der Waals surface area contributed by atoms with Crippen LogP contribution in [0.1, 0.15) is 11.3 Å². The highest BCUT2D eigenvalue weighted by molar-refractivity contribution is 5.70. The number of aliphatic carboxylic acids is 1. The number of carbonyl (C=O) groups is 1. The van der Waals surface area contributed by atoms with E-state index >= 15 is 0 Å². The normalized spacial score (nSPS) is 10.3. The van der Waals surface area contributed by atoms with Crippen molar-refractivity contribution < 1.29 is 14.3 Å². The first kappa shape index (κ1) is 10.4. The van der Waals surface area contributed by atoms with E-state index in [-0.39, 0.29) is 6.42 Å². The van der Waals surface area contributed by atoms with Gasteiger partial charge in [-0.25, -0.2) is 4.98 Å². The number of carboxylic acids is 1. The van der Waals surface area contributed by atoms with E-state index in [2.05, 4.69) is 4.98 Å². The second kappa shape index (κ2) is 4.18. The van der Waals surface area contributed by atoms with Crippen molar-refractivity contribution in [3.8, 4) is 11.3 Å². The fourth-order valence-corrected chi connectivity index (χ4v) is 1.53. The van der Waals surface area contributed by atoms with Crippen molar-refractivity contribution in [2.24, 2.45) is 0 Å². The average Bonchev–Trinajstić information content (AvgIpc) is 2.65. The summed E-state index contributed by atoms with van der Waals surface area (Å²) < 4.78 is 5.24. The maximum absolute atomic E-state index is 10.5. The summed E-state index contributed by atoms with van der Waals surface area (Å²) in [5.74, 6) is -0.106. The molecule has 0 aliphatic carbocycles. The van der Waals surface area contributed by atoms with E-state index < -0.39 is 5.97 Å². The minimum Gasteiger partial charge on any atom is -0.481 e. The Hall–Kier alpha value is -2.10. The van der Waals surface area contributed by atoms with Crippen LogP contribution >= 0.6 is 0 Å². The van der Waals surface area contributed by atoms with Gasteiger partial charge in [-0.1, -0.05) is 24.3 Å². The lowest BCUT2D eigenvalue weighted by Gasteiger charge is -2.00. The molecule has 0 fully saturated rings. The molecular formula is C12H11NO3. The molecule has 0 saturated carbocycles. The van der Waals surface area contributed by atoms with Gasteiger partial charge in [0.1, 0.15) is 0 Å². The first-order valence-electron chi connectivity index (χ1n) is 4.88. The molecule has 0 aliphatic rings. The summed E-state index contributed by atoms with van der Waals surface area (Å²) in [5.41, 5.74) is 2.50. The predicted octanol–water partition coefficient (Wildman–Crippen LogP) is 2.28. The van der Waals surface area contributed by atoms with Gasteiger partial charge in [-0.15, -0.1) is 0 Å². The highest BCUT2D eigenvalue weighted by atomic mass is 16.4. The fourth-order valence-electron chi connectivity index (χ4n) is 1.53. The zero-order valence-corrected chi connectivity index (χ0v) is 8.80. The minimum absolute atomic E-state index is 0.0374. The van der Waals surface area contributed by atoms with Crippen LogP contribution in [0.3, 0.4) is 0 Å². The molecule has 4 heteroatoms. The summed E-state index contributed by atoms with van der Waals surface area (Å²) in [5, 5.41) is 8.64. The van der Waals surface area contributed by atoms with Gasteiger partial charge in [0.05, 0.1) is 12.1 Å². The van der Waals surface area contributed by atoms with Gasteiger partial charge in [-0.2, -0.15) is 0 Å². The number of aromatic nitrogens is 1. The van der Waals surface area contributed by atoms with Crippen molar-refractivity contribution in [3.05, 3.63) is 41.9 Å². The van der Waals surface area contributed by atoms with Gasteiger partial charge >= 0.3 is 5.97 Å². The van der Waals surface area contributed by atoms with Gasteiger partial charge in [0.2, 0.25) is 0 Å². The molecule has 1 aromatic carbocycles. The van der Waals surface area contributed by atoms with Gasteiger partial charge in [0.15, 0.2) is 12.2 Å². The van der Waals surface area contributed by atoms with Gasteiger partial charge < -0.3 is 9.52 Å². The van der Waals surface area contributed by atoms with Crippen molar-refractivity contribution >= 4 is 5.97 Å². The highest BCUT2D eigenvalue weighted by Crippen LogP contribution is 2.22. The van der Waals surface area contributed by atoms with Crippen LogP contribution in [0.15, 0.2) is 35.1 Å². The quantitative estimate of drug-likeness (QED) is 0.856. The Labute approximate surface area is 92.6 Å². The summed E-state index contributed by atoms with van der Waals surface area (Å²) in [7, 11) is 0. The summed E-state index contributed by atoms with van der Waals surface area (Å²) in [6.07, 6.45) is 1.44. The molecule has 0 bridgehead atoms. The zero-order valence-electron chi connectivity index (χ0n) is 8.80. The van der Waals surface area contributed by atoms with E-state index in [0.717, 1.165) is 22.6 Å². The van der Waals surface area contributed by atoms with Crippen molar-refractivity contribution in [2.45, 2.75) is 13.3 Å². The molecule has 16 heavy (non-hydrogen) atoms. The van der Waals surface area contributed by atoms with Crippen LogP contribution in [-0.4, -0.2) is 16.1 Å². The molecule has 0 unspecified atom stereocenters. The smallest absolute Gasteiger partial charge is 0.307 e. The van der Waals surface area contributed by atoms with Gasteiger partial charge in [-0.3, -0.25) is 4.79 Å². The standard InChI is InChI=1S/C12H11NO3/c1-8-12(16-7-13-8)10-4-2-9(3-5-10)6-11(14)15/h2-5,7H,6H2,1H3,(H,14,15). The topological polar surface area (TPSA) is 63.3 Å². The van der Waals surface area contributed by atoms with Crippen LogP contribution in [0.4, 0.5) is 0 Å². The van der Waals surface area contributed by atoms with E-state index in [0.29, 0.717) is 0 Å². The molecule has 0 radical (unpaired) electrons. The van der Waals surface area contributed by atoms with Crippen LogP contribution in [0.25, 0.3) is 11.3 Å². The van der Waals surface area contributed by atoms with Crippen molar-refractivity contribution in [1.82, 2.24) is 4.98 Å². The fraction of sp³-hybridized carbons (Fsp3) is 0.167. The SMILES string of the molecule is Cc1ncoc1-c1ccc(CC(=O)O)cc1. The third kappa shape index (κ3) is 2.11. The molecule has 2 aromatic rings. The first-order valence-corrected chi connectivity index (χ1v) is 4.88. The maximum Gasteiger partial charge on any atom is 0.307 e. The number of hydrogen-bond acceptors (Lipinski definition) is 3. The lowest BCUT2D eigenvalue weighted by atomic mass is 10.1. The third-order valence-electron chi connectivity index (χ3n) is 2.32. The zero-order chi connectivity index (χ0) is 11.5. The number of rotatable bonds is 3. The van der Waals surface area contributed by atoms with Crippen LogP contribution < -0.4 is 0 Å². The van der Waals surface area contributed by atoms with Crippen molar-refractivity contribution in [3.63, 3.8) is 0 Å². The average molecular weight is 217 g/mol. The van der Waals surface area contributed by atoms with Gasteiger partial charge in [-0.05, 0) is 12.5 Å². The van der Waals surface area contributed by atoms with Crippen LogP contribution in [0.5, 0.6) is 0 Å². The summed E-state index contributed by atoms with van der Waals surface area (Å²) in [6.45, 7) is 1.87. The number of hydrogen-bond donors (Lipinski definition) is 1. The van der Waals surface area contributed by atoms with Crippen LogP contribution in [-0.2, 0) is 11.2 Å². The Morgan fingerprint density at radius 3 is 2.56 bits per heavy atom. The third-order valence-corrected chi connectivity index (χ3v) is 2.32. The second-order valence-electron chi connectivity index (χ2n) is 3.53. The van der Waals surface area contributed by atoms with E-state index in [4.69, 9.17) is 9.52 Å². The monoisotopic (exact) mass is 217 g/mol. The van der Waals surface area contributed by atoms with E-state index in [1.165, 1.54) is 6.39 Å². The summed E-state index contributed by atoms with van der Waals surface area (Å²) in [6, 6.07) is 7.24. The number of oxazole rings is 1. The molecule has 1 N–H and O–H groups in total. The molecule has 0 aliphatic heterocycles. The molecule has 0 atom stereocenters. The summed E-state index contributed by atoms with van der Waals surface area (Å²) in [4.78, 5) is 14.5. The number of aryl methyl sites for hydroxylation is 1. The molecule has 1 aromatic heterocycles. The molecule has 82 valence electrons. The Balaban J connectivity index is 2.26. The predicted molar refractivity (Wildman–Crippen MR) is 58.0 cm³/mol. The molecule has 0 saturated heterocycles. The Morgan fingerprint density at radius 2 is 2.06 bits per heavy atom. The lowest BCUT2D eigenvalue weighted by Crippen LogP contribution is -1.99. The Kier molecular flexibility index (Phi) is 2.72. The van der Waals surface area contributed by atoms with Crippen molar-refractivity contribution in [1.29, 1.82) is 0 Å². The summed E-state index contributed by atoms with van der Waals surface area (Å²) >= 11 is 0. The molecule has 0 amide bonds. The number of nitrogens with zero attached hydrogens (tertiary/aromatic N) is 1. The molecular weight excluding hydrogens is 206 g/mol. The molecule has 0 spiro atoms. The van der Waals surface area contributed by atoms with E-state index in [1.54, 1.807) is 12.1 Å². The second-order valence-corrected chi connectivity index (χ2v) is 3.53. The van der Waals surface area contributed by atoms with Gasteiger partial charge in [0.25, 0.3) is 0 Å². The van der Waals surface area contributed by atoms with Crippen LogP contribution in [0.2, 0.25) is 0 Å². The van der Waals surface area contributed by atoms with E-state index in [1.807, 2.05) is 19.1 Å².